The van der Waals surface area contributed by atoms with Gasteiger partial charge in [0.1, 0.15) is 5.56 Å². The number of hydrogen-bond donors (Lipinski definition) is 1. The Morgan fingerprint density at radius 2 is 2.21 bits per heavy atom. The number of carbonyl (C=O) groups is 1. The monoisotopic (exact) mass is 261 g/mol. The van der Waals surface area contributed by atoms with Crippen molar-refractivity contribution in [3.8, 4) is 5.88 Å². The van der Waals surface area contributed by atoms with Gasteiger partial charge in [-0.1, -0.05) is 5.57 Å². The maximum Gasteiger partial charge on any atom is 0.341 e. The van der Waals surface area contributed by atoms with E-state index in [0.29, 0.717) is 13.0 Å². The smallest absolute Gasteiger partial charge is 0.341 e. The minimum absolute atomic E-state index is 0.169. The molecule has 4 nitrogen and oxygen atoms in total. The van der Waals surface area contributed by atoms with Crippen molar-refractivity contribution in [2.75, 3.05) is 6.61 Å². The molecule has 0 saturated carbocycles. The van der Waals surface area contributed by atoms with Crippen molar-refractivity contribution in [1.29, 1.82) is 0 Å². The van der Waals surface area contributed by atoms with Gasteiger partial charge in [0.2, 0.25) is 5.88 Å². The Balaban J connectivity index is 2.24. The van der Waals surface area contributed by atoms with Crippen molar-refractivity contribution in [3.63, 3.8) is 0 Å². The number of aryl methyl sites for hydroxylation is 2. The third kappa shape index (κ3) is 3.34. The van der Waals surface area contributed by atoms with Crippen LogP contribution in [-0.4, -0.2) is 22.7 Å². The summed E-state index contributed by atoms with van der Waals surface area (Å²) >= 11 is 0. The number of aromatic nitrogens is 1. The SMILES string of the molecule is C=C(C)CCOc1nc2c(cc1C(=O)O)CCCC2. The lowest BCUT2D eigenvalue weighted by Crippen LogP contribution is -2.12. The van der Waals surface area contributed by atoms with E-state index in [0.717, 1.165) is 42.5 Å². The summed E-state index contributed by atoms with van der Waals surface area (Å²) in [6.07, 6.45) is 4.74. The fourth-order valence-electron chi connectivity index (χ4n) is 2.20. The molecule has 102 valence electrons. The molecule has 1 aliphatic rings. The van der Waals surface area contributed by atoms with Crippen LogP contribution >= 0.6 is 0 Å². The van der Waals surface area contributed by atoms with Crippen LogP contribution in [0.15, 0.2) is 18.2 Å². The summed E-state index contributed by atoms with van der Waals surface area (Å²) < 4.78 is 5.52. The van der Waals surface area contributed by atoms with E-state index in [9.17, 15) is 9.90 Å². The molecule has 1 N–H and O–H groups in total. The normalized spacial score (nSPS) is 13.7. The third-order valence-corrected chi connectivity index (χ3v) is 3.26. The summed E-state index contributed by atoms with van der Waals surface area (Å²) in [4.78, 5) is 15.7. The highest BCUT2D eigenvalue weighted by atomic mass is 16.5. The van der Waals surface area contributed by atoms with Gasteiger partial charge in [-0.05, 0) is 44.2 Å². The van der Waals surface area contributed by atoms with E-state index in [4.69, 9.17) is 4.74 Å². The lowest BCUT2D eigenvalue weighted by atomic mass is 9.95. The van der Waals surface area contributed by atoms with Crippen LogP contribution in [0, 0.1) is 0 Å². The Labute approximate surface area is 113 Å². The Bertz CT molecular complexity index is 508. The van der Waals surface area contributed by atoms with Gasteiger partial charge in [0.25, 0.3) is 0 Å². The van der Waals surface area contributed by atoms with Crippen molar-refractivity contribution >= 4 is 5.97 Å². The molecule has 0 aromatic carbocycles. The van der Waals surface area contributed by atoms with Crippen LogP contribution in [0.1, 0.15) is 47.8 Å². The van der Waals surface area contributed by atoms with Gasteiger partial charge in [-0.15, -0.1) is 6.58 Å². The van der Waals surface area contributed by atoms with Crippen LogP contribution in [0.4, 0.5) is 0 Å². The zero-order valence-electron chi connectivity index (χ0n) is 11.2. The predicted octanol–water partition coefficient (Wildman–Crippen LogP) is 3.00. The summed E-state index contributed by atoms with van der Waals surface area (Å²) in [5.41, 5.74) is 3.22. The van der Waals surface area contributed by atoms with Gasteiger partial charge in [0.05, 0.1) is 6.61 Å². The molecule has 0 bridgehead atoms. The molecule has 1 aromatic rings. The minimum Gasteiger partial charge on any atom is -0.477 e. The summed E-state index contributed by atoms with van der Waals surface area (Å²) in [6, 6.07) is 1.72. The fraction of sp³-hybridized carbons (Fsp3) is 0.467. The molecule has 0 radical (unpaired) electrons. The van der Waals surface area contributed by atoms with Gasteiger partial charge in [-0.3, -0.25) is 0 Å². The zero-order chi connectivity index (χ0) is 13.8. The Kier molecular flexibility index (Phi) is 4.20. The van der Waals surface area contributed by atoms with Crippen LogP contribution in [0.25, 0.3) is 0 Å². The highest BCUT2D eigenvalue weighted by Gasteiger charge is 2.19. The molecule has 19 heavy (non-hydrogen) atoms. The summed E-state index contributed by atoms with van der Waals surface area (Å²) in [7, 11) is 0. The highest BCUT2D eigenvalue weighted by Crippen LogP contribution is 2.26. The molecule has 0 amide bonds. The predicted molar refractivity (Wildman–Crippen MR) is 72.8 cm³/mol. The number of hydrogen-bond acceptors (Lipinski definition) is 3. The first-order valence-electron chi connectivity index (χ1n) is 6.61. The Morgan fingerprint density at radius 3 is 2.89 bits per heavy atom. The van der Waals surface area contributed by atoms with Gasteiger partial charge in [0, 0.05) is 12.1 Å². The average Bonchev–Trinajstić information content (AvgIpc) is 2.37. The summed E-state index contributed by atoms with van der Waals surface area (Å²) in [5, 5.41) is 9.24. The maximum atomic E-state index is 11.3. The number of nitrogens with zero attached hydrogens (tertiary/aromatic N) is 1. The van der Waals surface area contributed by atoms with Gasteiger partial charge in [-0.2, -0.15) is 0 Å². The van der Waals surface area contributed by atoms with Gasteiger partial charge < -0.3 is 9.84 Å². The van der Waals surface area contributed by atoms with Gasteiger partial charge in [-0.25, -0.2) is 9.78 Å². The number of carboxylic acid groups (broad SMARTS) is 1. The van der Waals surface area contributed by atoms with E-state index in [-0.39, 0.29) is 11.4 Å². The molecule has 4 heteroatoms. The van der Waals surface area contributed by atoms with E-state index < -0.39 is 5.97 Å². The third-order valence-electron chi connectivity index (χ3n) is 3.26. The van der Waals surface area contributed by atoms with Crippen LogP contribution in [0.3, 0.4) is 0 Å². The number of aromatic carboxylic acids is 1. The standard InChI is InChI=1S/C15H19NO3/c1-10(2)7-8-19-14-12(15(17)18)9-11-5-3-4-6-13(11)16-14/h9H,1,3-8H2,2H3,(H,17,18). The van der Waals surface area contributed by atoms with Crippen LogP contribution in [0.5, 0.6) is 5.88 Å². The Morgan fingerprint density at radius 1 is 1.47 bits per heavy atom. The van der Waals surface area contributed by atoms with Crippen molar-refractivity contribution in [2.24, 2.45) is 0 Å². The molecule has 1 heterocycles. The first kappa shape index (κ1) is 13.6. The molecular weight excluding hydrogens is 242 g/mol. The molecule has 0 saturated heterocycles. The highest BCUT2D eigenvalue weighted by molar-refractivity contribution is 5.90. The molecule has 0 atom stereocenters. The van der Waals surface area contributed by atoms with Crippen molar-refractivity contribution < 1.29 is 14.6 Å². The molecule has 0 unspecified atom stereocenters. The maximum absolute atomic E-state index is 11.3. The van der Waals surface area contributed by atoms with Crippen LogP contribution in [0.2, 0.25) is 0 Å². The van der Waals surface area contributed by atoms with Crippen molar-refractivity contribution in [1.82, 2.24) is 4.98 Å². The second-order valence-corrected chi connectivity index (χ2v) is 5.01. The molecular formula is C15H19NO3. The number of pyridine rings is 1. The van der Waals surface area contributed by atoms with Gasteiger partial charge in [0.15, 0.2) is 0 Å². The zero-order valence-corrected chi connectivity index (χ0v) is 11.2. The number of fused-ring (bicyclic) bond motifs is 1. The van der Waals surface area contributed by atoms with Crippen LogP contribution in [-0.2, 0) is 12.8 Å². The second kappa shape index (κ2) is 5.87. The van der Waals surface area contributed by atoms with Crippen molar-refractivity contribution in [2.45, 2.75) is 39.0 Å². The number of rotatable bonds is 5. The molecule has 0 aliphatic heterocycles. The molecule has 1 aliphatic carbocycles. The molecule has 0 fully saturated rings. The first-order chi connectivity index (χ1) is 9.08. The Hall–Kier alpha value is -1.84. The van der Waals surface area contributed by atoms with Crippen molar-refractivity contribution in [3.05, 3.63) is 35.0 Å². The number of ether oxygens (including phenoxy) is 1. The lowest BCUT2D eigenvalue weighted by Gasteiger charge is -2.17. The van der Waals surface area contributed by atoms with E-state index in [1.165, 1.54) is 0 Å². The molecule has 1 aromatic heterocycles. The first-order valence-corrected chi connectivity index (χ1v) is 6.61. The summed E-state index contributed by atoms with van der Waals surface area (Å²) in [6.45, 7) is 6.13. The largest absolute Gasteiger partial charge is 0.477 e. The second-order valence-electron chi connectivity index (χ2n) is 5.01. The quantitative estimate of drug-likeness (QED) is 0.828. The topological polar surface area (TPSA) is 59.4 Å². The van der Waals surface area contributed by atoms with E-state index in [1.807, 2.05) is 6.92 Å². The van der Waals surface area contributed by atoms with Gasteiger partial charge >= 0.3 is 5.97 Å². The lowest BCUT2D eigenvalue weighted by molar-refractivity contribution is 0.0691. The van der Waals surface area contributed by atoms with E-state index >= 15 is 0 Å². The van der Waals surface area contributed by atoms with Crippen LogP contribution < -0.4 is 4.74 Å². The van der Waals surface area contributed by atoms with E-state index in [1.54, 1.807) is 6.07 Å². The summed E-state index contributed by atoms with van der Waals surface area (Å²) in [5.74, 6) is -0.736. The molecule has 0 spiro atoms. The minimum atomic E-state index is -0.980. The van der Waals surface area contributed by atoms with E-state index in [2.05, 4.69) is 11.6 Å². The number of carboxylic acids is 1. The fourth-order valence-corrected chi connectivity index (χ4v) is 2.20. The average molecular weight is 261 g/mol. The molecule has 2 rings (SSSR count).